The van der Waals surface area contributed by atoms with Crippen molar-refractivity contribution in [2.45, 2.75) is 30.3 Å². The average molecular weight is 1010 g/mol. The highest BCUT2D eigenvalue weighted by Gasteiger charge is 2.50. The highest BCUT2D eigenvalue weighted by molar-refractivity contribution is 7.04. The molecular weight excluding hydrogens is 957 g/mol. The predicted molar refractivity (Wildman–Crippen MR) is 330 cm³/mol. The van der Waals surface area contributed by atoms with E-state index in [1.165, 1.54) is 138 Å². The number of fused-ring (bicyclic) bond motifs is 14. The Labute approximate surface area is 455 Å². The van der Waals surface area contributed by atoms with Crippen LogP contribution in [0.25, 0.3) is 65.3 Å². The van der Waals surface area contributed by atoms with Crippen LogP contribution in [0.1, 0.15) is 33.4 Å². The third-order valence-corrected chi connectivity index (χ3v) is 23.4. The van der Waals surface area contributed by atoms with Crippen molar-refractivity contribution < 1.29 is 0 Å². The maximum atomic E-state index is 2.60. The van der Waals surface area contributed by atoms with Crippen molar-refractivity contribution in [3.05, 3.63) is 300 Å². The molecule has 13 aromatic rings. The van der Waals surface area contributed by atoms with Gasteiger partial charge in [-0.3, -0.25) is 0 Å². The Kier molecular flexibility index (Phi) is 9.35. The minimum absolute atomic E-state index is 0.155. The van der Waals surface area contributed by atoms with E-state index in [9.17, 15) is 0 Å². The van der Waals surface area contributed by atoms with Gasteiger partial charge in [0.2, 0.25) is 0 Å². The molecule has 3 aliphatic heterocycles. The maximum absolute atomic E-state index is 2.60. The van der Waals surface area contributed by atoms with Gasteiger partial charge in [0.25, 0.3) is 0 Å². The largest absolute Gasteiger partial charge is 0.311 e. The van der Waals surface area contributed by atoms with Gasteiger partial charge in [0.1, 0.15) is 8.07 Å². The summed E-state index contributed by atoms with van der Waals surface area (Å²) in [7, 11) is -2.23. The fourth-order valence-electron chi connectivity index (χ4n) is 15.2. The summed E-state index contributed by atoms with van der Waals surface area (Å²) in [6, 6.07) is 104. The Hall–Kier alpha value is -9.28. The molecule has 0 fully saturated rings. The molecule has 0 amide bonds. The summed E-state index contributed by atoms with van der Waals surface area (Å²) in [5.41, 5.74) is 21.0. The molecule has 2 spiro atoms. The molecule has 0 atom stereocenters. The summed E-state index contributed by atoms with van der Waals surface area (Å²) in [5.74, 6) is 0. The predicted octanol–water partition coefficient (Wildman–Crippen LogP) is 17.7. The monoisotopic (exact) mass is 1010 g/mol. The molecule has 0 aromatic heterocycles. The van der Waals surface area contributed by atoms with Crippen LogP contribution in [0.5, 0.6) is 0 Å². The normalized spacial score (nSPS) is 15.1. The zero-order chi connectivity index (χ0) is 51.1. The molecule has 0 saturated carbocycles. The van der Waals surface area contributed by atoms with E-state index in [-0.39, 0.29) is 5.41 Å². The van der Waals surface area contributed by atoms with E-state index < -0.39 is 8.07 Å². The molecule has 0 unspecified atom stereocenters. The molecule has 0 radical (unpaired) electrons. The van der Waals surface area contributed by atoms with Crippen LogP contribution in [-0.4, -0.2) is 8.07 Å². The smallest absolute Gasteiger partial charge is 0.132 e. The van der Waals surface area contributed by atoms with Crippen molar-refractivity contribution in [2.75, 3.05) is 9.80 Å². The first-order valence-corrected chi connectivity index (χ1v) is 30.2. The molecule has 78 heavy (non-hydrogen) atoms. The number of nitrogens with zero attached hydrogens (tertiary/aromatic N) is 2. The van der Waals surface area contributed by atoms with Crippen molar-refractivity contribution in [3.8, 4) is 22.3 Å². The molecule has 17 rings (SSSR count). The van der Waals surface area contributed by atoms with Gasteiger partial charge in [-0.25, -0.2) is 0 Å². The summed E-state index contributed by atoms with van der Waals surface area (Å²) >= 11 is 0. The average Bonchev–Trinajstić information content (AvgIpc) is 4.16. The van der Waals surface area contributed by atoms with Crippen molar-refractivity contribution in [1.29, 1.82) is 0 Å². The molecule has 13 aromatic carbocycles. The van der Waals surface area contributed by atoms with Crippen LogP contribution in [0.3, 0.4) is 0 Å². The number of anilines is 6. The van der Waals surface area contributed by atoms with Crippen molar-refractivity contribution in [2.24, 2.45) is 0 Å². The molecule has 0 N–H and O–H groups in total. The van der Waals surface area contributed by atoms with Crippen molar-refractivity contribution >= 4 is 95.7 Å². The number of rotatable bonds is 4. The van der Waals surface area contributed by atoms with E-state index in [1.54, 1.807) is 0 Å². The number of hydrogen-bond donors (Lipinski definition) is 0. The van der Waals surface area contributed by atoms with Gasteiger partial charge in [-0.2, -0.15) is 0 Å². The zero-order valence-corrected chi connectivity index (χ0v) is 44.1. The zero-order valence-electron chi connectivity index (χ0n) is 43.1. The minimum atomic E-state index is -2.23. The van der Waals surface area contributed by atoms with E-state index in [1.807, 2.05) is 0 Å². The number of hydrogen-bond acceptors (Lipinski definition) is 2. The Morgan fingerprint density at radius 1 is 0.295 bits per heavy atom. The fraction of sp³-hybridized carbons (Fsp3) is 0.0667. The third-order valence-electron chi connectivity index (χ3n) is 18.5. The molecule has 2 nitrogen and oxygen atoms in total. The van der Waals surface area contributed by atoms with Crippen LogP contribution in [0, 0.1) is 0 Å². The van der Waals surface area contributed by atoms with E-state index in [4.69, 9.17) is 0 Å². The molecular formula is C75H52N2Si. The van der Waals surface area contributed by atoms with Crippen LogP contribution in [-0.2, 0) is 30.3 Å². The molecule has 0 bridgehead atoms. The lowest BCUT2D eigenvalue weighted by atomic mass is 9.68. The van der Waals surface area contributed by atoms with Gasteiger partial charge < -0.3 is 9.80 Å². The molecule has 3 heteroatoms. The molecule has 3 heterocycles. The number of benzene rings is 13. The first-order valence-electron chi connectivity index (χ1n) is 27.7. The lowest BCUT2D eigenvalue weighted by Crippen LogP contribution is -2.64. The number of para-hydroxylation sites is 4. The maximum Gasteiger partial charge on any atom is 0.132 e. The van der Waals surface area contributed by atoms with Crippen LogP contribution in [0.2, 0.25) is 0 Å². The van der Waals surface area contributed by atoms with Crippen LogP contribution >= 0.6 is 0 Å². The Balaban J connectivity index is 0.938. The Bertz CT molecular complexity index is 4240. The van der Waals surface area contributed by atoms with E-state index >= 15 is 0 Å². The van der Waals surface area contributed by atoms with Gasteiger partial charge in [0, 0.05) is 28.2 Å². The first-order chi connectivity index (χ1) is 38.6. The van der Waals surface area contributed by atoms with E-state index in [0.717, 1.165) is 30.6 Å². The topological polar surface area (TPSA) is 6.48 Å². The van der Waals surface area contributed by atoms with Crippen LogP contribution < -0.4 is 20.2 Å². The standard InChI is InChI=1S/C75H52N2Si/c1-3-19-51-41-53(35-33-49(51)17-1)73-62-40-38-60(77-69-29-13-15-31-71(69)78(72-32-16-14-30-70(72)77)47-57-23-7-8-24-58(57)48-78)44-64(62)74(54-36-34-50-18-2-4-20-52(50)42-54)61-39-37-59(43-63(61)73)76-67-27-11-9-25-65(67)75(66-26-10-12-28-68(66)76)45-55-21-5-6-22-56(55)46-75/h1-44H,45-48H2. The lowest BCUT2D eigenvalue weighted by Gasteiger charge is -2.44. The summed E-state index contributed by atoms with van der Waals surface area (Å²) < 4.78 is 0. The molecule has 4 aliphatic rings. The summed E-state index contributed by atoms with van der Waals surface area (Å²) in [6.45, 7) is 0. The van der Waals surface area contributed by atoms with Gasteiger partial charge in [0.15, 0.2) is 0 Å². The fourth-order valence-corrected chi connectivity index (χ4v) is 20.6. The summed E-state index contributed by atoms with van der Waals surface area (Å²) in [6.07, 6.45) is 1.98. The minimum Gasteiger partial charge on any atom is -0.311 e. The van der Waals surface area contributed by atoms with Gasteiger partial charge in [-0.1, -0.05) is 206 Å². The van der Waals surface area contributed by atoms with E-state index in [2.05, 4.69) is 277 Å². The second kappa shape index (κ2) is 16.6. The van der Waals surface area contributed by atoms with E-state index in [0.29, 0.717) is 0 Å². The quantitative estimate of drug-likeness (QED) is 0.128. The Morgan fingerprint density at radius 2 is 0.679 bits per heavy atom. The lowest BCUT2D eigenvalue weighted by molar-refractivity contribution is 0.543. The van der Waals surface area contributed by atoms with Crippen LogP contribution in [0.15, 0.2) is 267 Å². The van der Waals surface area contributed by atoms with Crippen LogP contribution in [0.4, 0.5) is 34.1 Å². The Morgan fingerprint density at radius 3 is 1.17 bits per heavy atom. The molecule has 0 saturated heterocycles. The second-order valence-electron chi connectivity index (χ2n) is 22.5. The highest BCUT2D eigenvalue weighted by Crippen LogP contribution is 2.58. The van der Waals surface area contributed by atoms with Crippen molar-refractivity contribution in [3.63, 3.8) is 0 Å². The van der Waals surface area contributed by atoms with Gasteiger partial charge >= 0.3 is 0 Å². The second-order valence-corrected chi connectivity index (χ2v) is 26.4. The highest BCUT2D eigenvalue weighted by atomic mass is 28.3. The summed E-state index contributed by atoms with van der Waals surface area (Å²) in [4.78, 5) is 5.16. The van der Waals surface area contributed by atoms with Gasteiger partial charge in [-0.05, 0) is 195 Å². The van der Waals surface area contributed by atoms with Gasteiger partial charge in [0.05, 0.1) is 11.4 Å². The summed E-state index contributed by atoms with van der Waals surface area (Å²) in [5, 5.41) is 13.0. The van der Waals surface area contributed by atoms with Crippen molar-refractivity contribution in [1.82, 2.24) is 0 Å². The molecule has 1 aliphatic carbocycles. The molecule has 366 valence electrons. The SMILES string of the molecule is c1ccc2c(c1)CC1(C2)c2ccccc2N(c2ccc3c(-c4ccc5ccccc5c4)c4cc(N5c6ccccc6[Si]6(Cc7ccccc7C6)c6ccccc65)ccc4c(-c4ccc5ccccc5c4)c3c2)c2ccccc21. The third kappa shape index (κ3) is 6.25. The van der Waals surface area contributed by atoms with Gasteiger partial charge in [-0.15, -0.1) is 0 Å². The first kappa shape index (κ1) is 43.9.